The van der Waals surface area contributed by atoms with Crippen molar-refractivity contribution in [1.29, 1.82) is 0 Å². The van der Waals surface area contributed by atoms with Gasteiger partial charge in [0.05, 0.1) is 5.92 Å². The fourth-order valence-electron chi connectivity index (χ4n) is 0.682. The summed E-state index contributed by atoms with van der Waals surface area (Å²) in [5, 5.41) is 0. The number of hydrogen-bond donors (Lipinski definition) is 0. The standard InChI is InChI=1S/C7H8O2/c1-2-6-4-3-5-9-7(6)8/h2-4,6H,1,5H2. The first-order chi connectivity index (χ1) is 4.34. The first-order valence-electron chi connectivity index (χ1n) is 2.80. The fourth-order valence-corrected chi connectivity index (χ4v) is 0.682. The van der Waals surface area contributed by atoms with Crippen molar-refractivity contribution in [3.05, 3.63) is 24.8 Å². The molecule has 1 aliphatic heterocycles. The monoisotopic (exact) mass is 124 g/mol. The second kappa shape index (κ2) is 2.49. The zero-order chi connectivity index (χ0) is 6.69. The Morgan fingerprint density at radius 3 is 3.11 bits per heavy atom. The van der Waals surface area contributed by atoms with Crippen molar-refractivity contribution in [2.75, 3.05) is 6.61 Å². The third kappa shape index (κ3) is 1.19. The molecule has 1 heterocycles. The number of cyclic esters (lactones) is 1. The van der Waals surface area contributed by atoms with Crippen molar-refractivity contribution in [3.8, 4) is 0 Å². The van der Waals surface area contributed by atoms with E-state index in [2.05, 4.69) is 11.3 Å². The molecular weight excluding hydrogens is 116 g/mol. The second-order valence-corrected chi connectivity index (χ2v) is 1.82. The largest absolute Gasteiger partial charge is 0.461 e. The predicted octanol–water partition coefficient (Wildman–Crippen LogP) is 0.902. The van der Waals surface area contributed by atoms with Gasteiger partial charge in [0.2, 0.25) is 0 Å². The van der Waals surface area contributed by atoms with E-state index < -0.39 is 0 Å². The van der Waals surface area contributed by atoms with E-state index in [0.717, 1.165) is 0 Å². The first kappa shape index (κ1) is 6.08. The minimum absolute atomic E-state index is 0.201. The number of rotatable bonds is 1. The molecule has 0 amide bonds. The van der Waals surface area contributed by atoms with Crippen LogP contribution in [-0.2, 0) is 9.53 Å². The van der Waals surface area contributed by atoms with Crippen molar-refractivity contribution in [2.24, 2.45) is 5.92 Å². The van der Waals surface area contributed by atoms with E-state index in [9.17, 15) is 4.79 Å². The molecule has 0 aliphatic carbocycles. The molecule has 0 aromatic carbocycles. The number of ether oxygens (including phenoxy) is 1. The van der Waals surface area contributed by atoms with Gasteiger partial charge in [-0.25, -0.2) is 0 Å². The molecular formula is C7H8O2. The van der Waals surface area contributed by atoms with Gasteiger partial charge in [0, 0.05) is 0 Å². The molecule has 0 N–H and O–H groups in total. The topological polar surface area (TPSA) is 26.3 Å². The number of carbonyl (C=O) groups is 1. The van der Waals surface area contributed by atoms with Crippen molar-refractivity contribution >= 4 is 5.97 Å². The van der Waals surface area contributed by atoms with Crippen LogP contribution >= 0.6 is 0 Å². The smallest absolute Gasteiger partial charge is 0.316 e. The van der Waals surface area contributed by atoms with E-state index in [-0.39, 0.29) is 11.9 Å². The molecule has 0 aromatic heterocycles. The molecule has 1 aliphatic rings. The maximum atomic E-state index is 10.7. The zero-order valence-electron chi connectivity index (χ0n) is 5.04. The molecule has 2 heteroatoms. The average molecular weight is 124 g/mol. The van der Waals surface area contributed by atoms with Crippen molar-refractivity contribution in [2.45, 2.75) is 0 Å². The summed E-state index contributed by atoms with van der Waals surface area (Å²) in [4.78, 5) is 10.7. The number of esters is 1. The van der Waals surface area contributed by atoms with Gasteiger partial charge in [0.25, 0.3) is 0 Å². The summed E-state index contributed by atoms with van der Waals surface area (Å²) in [6.45, 7) is 3.89. The van der Waals surface area contributed by atoms with E-state index >= 15 is 0 Å². The summed E-state index contributed by atoms with van der Waals surface area (Å²) in [6, 6.07) is 0. The van der Waals surface area contributed by atoms with E-state index in [4.69, 9.17) is 0 Å². The molecule has 0 aromatic rings. The first-order valence-corrected chi connectivity index (χ1v) is 2.80. The quantitative estimate of drug-likeness (QED) is 0.383. The average Bonchev–Trinajstić information content (AvgIpc) is 1.89. The van der Waals surface area contributed by atoms with Crippen molar-refractivity contribution < 1.29 is 9.53 Å². The van der Waals surface area contributed by atoms with E-state index in [1.807, 2.05) is 6.08 Å². The summed E-state index contributed by atoms with van der Waals surface area (Å²) >= 11 is 0. The Hall–Kier alpha value is -1.05. The van der Waals surface area contributed by atoms with Crippen LogP contribution in [0, 0.1) is 5.92 Å². The van der Waals surface area contributed by atoms with Crippen molar-refractivity contribution in [3.63, 3.8) is 0 Å². The highest BCUT2D eigenvalue weighted by molar-refractivity contribution is 5.77. The molecule has 0 saturated heterocycles. The summed E-state index contributed by atoms with van der Waals surface area (Å²) in [6.07, 6.45) is 5.17. The van der Waals surface area contributed by atoms with Gasteiger partial charge in [-0.1, -0.05) is 18.2 Å². The Bertz CT molecular complexity index is 158. The molecule has 1 atom stereocenters. The van der Waals surface area contributed by atoms with Gasteiger partial charge in [-0.3, -0.25) is 4.79 Å². The molecule has 1 rings (SSSR count). The van der Waals surface area contributed by atoms with Gasteiger partial charge in [0.15, 0.2) is 0 Å². The van der Waals surface area contributed by atoms with Crippen LogP contribution < -0.4 is 0 Å². The lowest BCUT2D eigenvalue weighted by molar-refractivity contribution is -0.144. The van der Waals surface area contributed by atoms with Crippen LogP contribution in [0.5, 0.6) is 0 Å². The number of hydrogen-bond acceptors (Lipinski definition) is 2. The minimum Gasteiger partial charge on any atom is -0.461 e. The second-order valence-electron chi connectivity index (χ2n) is 1.82. The van der Waals surface area contributed by atoms with E-state index in [1.54, 1.807) is 12.2 Å². The molecule has 9 heavy (non-hydrogen) atoms. The third-order valence-electron chi connectivity index (χ3n) is 1.19. The zero-order valence-corrected chi connectivity index (χ0v) is 5.04. The third-order valence-corrected chi connectivity index (χ3v) is 1.19. The van der Waals surface area contributed by atoms with Gasteiger partial charge in [-0.15, -0.1) is 6.58 Å². The molecule has 1 unspecified atom stereocenters. The van der Waals surface area contributed by atoms with Crippen molar-refractivity contribution in [1.82, 2.24) is 0 Å². The molecule has 0 fully saturated rings. The molecule has 0 saturated carbocycles. The van der Waals surface area contributed by atoms with Crippen LogP contribution in [0.25, 0.3) is 0 Å². The summed E-state index contributed by atoms with van der Waals surface area (Å²) in [7, 11) is 0. The fraction of sp³-hybridized carbons (Fsp3) is 0.286. The van der Waals surface area contributed by atoms with Gasteiger partial charge < -0.3 is 4.74 Å². The van der Waals surface area contributed by atoms with Gasteiger partial charge >= 0.3 is 5.97 Å². The minimum atomic E-state index is -0.223. The van der Waals surface area contributed by atoms with Crippen LogP contribution in [0.4, 0.5) is 0 Å². The van der Waals surface area contributed by atoms with Crippen LogP contribution in [0.1, 0.15) is 0 Å². The van der Waals surface area contributed by atoms with Gasteiger partial charge in [0.1, 0.15) is 6.61 Å². The lowest BCUT2D eigenvalue weighted by atomic mass is 10.1. The molecule has 48 valence electrons. The maximum absolute atomic E-state index is 10.7. The Morgan fingerprint density at radius 1 is 1.89 bits per heavy atom. The molecule has 2 nitrogen and oxygen atoms in total. The maximum Gasteiger partial charge on any atom is 0.316 e. The van der Waals surface area contributed by atoms with Crippen LogP contribution in [0.2, 0.25) is 0 Å². The number of carbonyl (C=O) groups excluding carboxylic acids is 1. The molecule has 0 radical (unpaired) electrons. The van der Waals surface area contributed by atoms with Gasteiger partial charge in [-0.2, -0.15) is 0 Å². The Morgan fingerprint density at radius 2 is 2.67 bits per heavy atom. The Balaban J connectivity index is 2.67. The predicted molar refractivity (Wildman–Crippen MR) is 33.8 cm³/mol. The lowest BCUT2D eigenvalue weighted by Gasteiger charge is -2.10. The highest BCUT2D eigenvalue weighted by Gasteiger charge is 2.14. The van der Waals surface area contributed by atoms with Crippen LogP contribution in [0.3, 0.4) is 0 Å². The molecule has 0 bridgehead atoms. The highest BCUT2D eigenvalue weighted by atomic mass is 16.5. The normalized spacial score (nSPS) is 25.3. The summed E-state index contributed by atoms with van der Waals surface area (Å²) in [5.74, 6) is -0.425. The van der Waals surface area contributed by atoms with Crippen LogP contribution in [-0.4, -0.2) is 12.6 Å². The van der Waals surface area contributed by atoms with Gasteiger partial charge in [-0.05, 0) is 0 Å². The molecule has 0 spiro atoms. The summed E-state index contributed by atoms with van der Waals surface area (Å²) in [5.41, 5.74) is 0. The summed E-state index contributed by atoms with van der Waals surface area (Å²) < 4.78 is 4.68. The van der Waals surface area contributed by atoms with E-state index in [0.29, 0.717) is 6.61 Å². The Kier molecular flexibility index (Phi) is 1.68. The van der Waals surface area contributed by atoms with Crippen LogP contribution in [0.15, 0.2) is 24.8 Å². The van der Waals surface area contributed by atoms with E-state index in [1.165, 1.54) is 0 Å². The SMILES string of the molecule is C=CC1C=CCOC1=O. The Labute approximate surface area is 53.8 Å². The lowest BCUT2D eigenvalue weighted by Crippen LogP contribution is -2.17. The highest BCUT2D eigenvalue weighted by Crippen LogP contribution is 2.07.